The Bertz CT molecular complexity index is 1210. The molecule has 0 aliphatic carbocycles. The maximum Gasteiger partial charge on any atom is 0.331 e. The van der Waals surface area contributed by atoms with Crippen LogP contribution < -0.4 is 14.8 Å². The molecule has 4 rings (SSSR count). The molecule has 1 fully saturated rings. The predicted molar refractivity (Wildman–Crippen MR) is 117 cm³/mol. The van der Waals surface area contributed by atoms with Crippen LogP contribution in [-0.2, 0) is 16.1 Å². The Morgan fingerprint density at radius 2 is 1.81 bits per heavy atom. The summed E-state index contributed by atoms with van der Waals surface area (Å²) in [5.41, 5.74) is 0.378. The normalized spacial score (nSPS) is 15.4. The van der Waals surface area contributed by atoms with Crippen molar-refractivity contribution >= 4 is 34.7 Å². The van der Waals surface area contributed by atoms with Gasteiger partial charge in [-0.2, -0.15) is 0 Å². The van der Waals surface area contributed by atoms with E-state index in [1.165, 1.54) is 12.3 Å². The van der Waals surface area contributed by atoms with Crippen LogP contribution in [0.25, 0.3) is 16.8 Å². The van der Waals surface area contributed by atoms with Gasteiger partial charge in [-0.25, -0.2) is 4.79 Å². The van der Waals surface area contributed by atoms with Crippen LogP contribution in [-0.4, -0.2) is 36.0 Å². The molecular weight excluding hydrogens is 412 g/mol. The molecule has 0 unspecified atom stereocenters. The van der Waals surface area contributed by atoms with E-state index >= 15 is 0 Å². The first-order valence-electron chi connectivity index (χ1n) is 10.3. The number of carbonyl (C=O) groups is 3. The molecule has 8 heteroatoms. The maximum atomic E-state index is 13.1. The lowest BCUT2D eigenvalue weighted by Crippen LogP contribution is -2.53. The fraction of sp³-hybridized carbons (Fsp3) is 0.208. The molecule has 0 saturated carbocycles. The lowest BCUT2D eigenvalue weighted by atomic mass is 9.99. The molecule has 32 heavy (non-hydrogen) atoms. The van der Waals surface area contributed by atoms with Crippen LogP contribution in [0.1, 0.15) is 25.2 Å². The minimum absolute atomic E-state index is 0.0926. The van der Waals surface area contributed by atoms with Crippen LogP contribution in [0.2, 0.25) is 0 Å². The second-order valence-electron chi connectivity index (χ2n) is 7.01. The van der Waals surface area contributed by atoms with E-state index < -0.39 is 17.8 Å². The number of amides is 4. The molecule has 1 aromatic heterocycles. The number of rotatable bonds is 7. The van der Waals surface area contributed by atoms with E-state index in [-0.39, 0.29) is 12.1 Å². The molecule has 2 aromatic carbocycles. The van der Waals surface area contributed by atoms with Gasteiger partial charge in [-0.15, -0.1) is 0 Å². The smallest absolute Gasteiger partial charge is 0.331 e. The van der Waals surface area contributed by atoms with E-state index in [1.54, 1.807) is 18.2 Å². The number of urea groups is 1. The molecule has 1 aliphatic heterocycles. The lowest BCUT2D eigenvalue weighted by molar-refractivity contribution is -0.130. The zero-order valence-electron chi connectivity index (χ0n) is 17.7. The number of nitrogens with zero attached hydrogens (tertiary/aromatic N) is 1. The maximum absolute atomic E-state index is 13.1. The molecule has 0 spiro atoms. The molecule has 0 atom stereocenters. The summed E-state index contributed by atoms with van der Waals surface area (Å²) in [4.78, 5) is 39.0. The molecule has 1 aliphatic rings. The van der Waals surface area contributed by atoms with Gasteiger partial charge in [0.2, 0.25) is 0 Å². The fourth-order valence-electron chi connectivity index (χ4n) is 3.53. The number of hydrogen-bond donors (Lipinski definition) is 1. The van der Waals surface area contributed by atoms with Gasteiger partial charge in [0.1, 0.15) is 22.8 Å². The van der Waals surface area contributed by atoms with Crippen LogP contribution in [0.4, 0.5) is 4.79 Å². The highest BCUT2D eigenvalue weighted by Gasteiger charge is 2.36. The summed E-state index contributed by atoms with van der Waals surface area (Å²) in [7, 11) is 0. The number of hydrogen-bond acceptors (Lipinski definition) is 6. The Balaban J connectivity index is 1.82. The van der Waals surface area contributed by atoms with E-state index in [0.29, 0.717) is 36.0 Å². The zero-order chi connectivity index (χ0) is 22.7. The monoisotopic (exact) mass is 434 g/mol. The van der Waals surface area contributed by atoms with E-state index in [0.717, 1.165) is 15.7 Å². The van der Waals surface area contributed by atoms with Gasteiger partial charge in [0.15, 0.2) is 0 Å². The van der Waals surface area contributed by atoms with E-state index in [9.17, 15) is 14.4 Å². The summed E-state index contributed by atoms with van der Waals surface area (Å²) in [5.74, 6) is 0.106. The number of benzene rings is 2. The van der Waals surface area contributed by atoms with E-state index in [4.69, 9.17) is 13.9 Å². The third kappa shape index (κ3) is 4.07. The average molecular weight is 434 g/mol. The SMILES string of the molecule is CCOc1ccc2ccc(OCC)c(/C=C3/C(=O)NC(=O)N(Cc4ccco4)C3=O)c2c1. The van der Waals surface area contributed by atoms with Gasteiger partial charge in [0, 0.05) is 5.56 Å². The Morgan fingerprint density at radius 3 is 2.53 bits per heavy atom. The molecule has 3 aromatic rings. The first-order chi connectivity index (χ1) is 15.5. The summed E-state index contributed by atoms with van der Waals surface area (Å²) in [6.45, 7) is 4.54. The molecule has 2 heterocycles. The standard InChI is InChI=1S/C24H22N2O6/c1-3-30-16-9-7-15-8-10-21(31-4-2)19(18(15)12-16)13-20-22(27)25-24(29)26(23(20)28)14-17-6-5-11-32-17/h5-13H,3-4,14H2,1-2H3,(H,25,27,29)/b20-13-. The Hall–Kier alpha value is -4.07. The molecule has 8 nitrogen and oxygen atoms in total. The topological polar surface area (TPSA) is 98.1 Å². The molecule has 1 N–H and O–H groups in total. The van der Waals surface area contributed by atoms with E-state index in [1.807, 2.05) is 38.1 Å². The Morgan fingerprint density at radius 1 is 1.03 bits per heavy atom. The summed E-state index contributed by atoms with van der Waals surface area (Å²) < 4.78 is 16.6. The van der Waals surface area contributed by atoms with Crippen LogP contribution in [0.15, 0.2) is 58.7 Å². The molecule has 0 radical (unpaired) electrons. The van der Waals surface area contributed by atoms with Crippen LogP contribution in [0.3, 0.4) is 0 Å². The van der Waals surface area contributed by atoms with Gasteiger partial charge < -0.3 is 13.9 Å². The quantitative estimate of drug-likeness (QED) is 0.448. The first-order valence-corrected chi connectivity index (χ1v) is 10.3. The third-order valence-electron chi connectivity index (χ3n) is 4.97. The van der Waals surface area contributed by atoms with E-state index in [2.05, 4.69) is 5.32 Å². The number of furan rings is 1. The number of barbiturate groups is 1. The second-order valence-corrected chi connectivity index (χ2v) is 7.01. The summed E-state index contributed by atoms with van der Waals surface area (Å²) in [5, 5.41) is 3.86. The van der Waals surface area contributed by atoms with Gasteiger partial charge in [0.25, 0.3) is 11.8 Å². The third-order valence-corrected chi connectivity index (χ3v) is 4.97. The number of ether oxygens (including phenoxy) is 2. The fourth-order valence-corrected chi connectivity index (χ4v) is 3.53. The lowest BCUT2D eigenvalue weighted by Gasteiger charge is -2.25. The highest BCUT2D eigenvalue weighted by molar-refractivity contribution is 6.31. The first kappa shape index (κ1) is 21.2. The number of carbonyl (C=O) groups excluding carboxylic acids is 3. The molecule has 0 bridgehead atoms. The summed E-state index contributed by atoms with van der Waals surface area (Å²) in [6, 6.07) is 11.8. The van der Waals surface area contributed by atoms with Crippen LogP contribution >= 0.6 is 0 Å². The van der Waals surface area contributed by atoms with Crippen molar-refractivity contribution in [3.63, 3.8) is 0 Å². The summed E-state index contributed by atoms with van der Waals surface area (Å²) >= 11 is 0. The van der Waals surface area contributed by atoms with Crippen molar-refractivity contribution in [1.29, 1.82) is 0 Å². The van der Waals surface area contributed by atoms with Gasteiger partial charge in [0.05, 0.1) is 26.0 Å². The highest BCUT2D eigenvalue weighted by Crippen LogP contribution is 2.33. The van der Waals surface area contributed by atoms with Crippen LogP contribution in [0.5, 0.6) is 11.5 Å². The van der Waals surface area contributed by atoms with Crippen molar-refractivity contribution in [3.05, 3.63) is 65.6 Å². The van der Waals surface area contributed by atoms with Gasteiger partial charge in [-0.1, -0.05) is 12.1 Å². The molecule has 164 valence electrons. The van der Waals surface area contributed by atoms with Crippen LogP contribution in [0, 0.1) is 0 Å². The highest BCUT2D eigenvalue weighted by atomic mass is 16.5. The van der Waals surface area contributed by atoms with Crippen molar-refractivity contribution in [2.24, 2.45) is 0 Å². The van der Waals surface area contributed by atoms with Gasteiger partial charge >= 0.3 is 6.03 Å². The number of nitrogens with one attached hydrogen (secondary N) is 1. The molecule has 4 amide bonds. The molecular formula is C24H22N2O6. The predicted octanol–water partition coefficient (Wildman–Crippen LogP) is 3.89. The second kappa shape index (κ2) is 8.97. The van der Waals surface area contributed by atoms with Crippen molar-refractivity contribution in [1.82, 2.24) is 10.2 Å². The van der Waals surface area contributed by atoms with Crippen molar-refractivity contribution in [3.8, 4) is 11.5 Å². The largest absolute Gasteiger partial charge is 0.494 e. The summed E-state index contributed by atoms with van der Waals surface area (Å²) in [6.07, 6.45) is 2.91. The molecule has 1 saturated heterocycles. The van der Waals surface area contributed by atoms with Gasteiger partial charge in [-0.05, 0) is 61.0 Å². The van der Waals surface area contributed by atoms with Crippen molar-refractivity contribution in [2.45, 2.75) is 20.4 Å². The van der Waals surface area contributed by atoms with Gasteiger partial charge in [-0.3, -0.25) is 19.8 Å². The van der Waals surface area contributed by atoms with Crippen molar-refractivity contribution < 1.29 is 28.3 Å². The Labute approximate surface area is 184 Å². The number of imide groups is 2. The average Bonchev–Trinajstić information content (AvgIpc) is 3.29. The zero-order valence-corrected chi connectivity index (χ0v) is 17.7. The Kier molecular flexibility index (Phi) is 5.93. The minimum atomic E-state index is -0.796. The number of fused-ring (bicyclic) bond motifs is 1. The van der Waals surface area contributed by atoms with Crippen molar-refractivity contribution in [2.75, 3.05) is 13.2 Å². The minimum Gasteiger partial charge on any atom is -0.494 e.